The lowest BCUT2D eigenvalue weighted by Crippen LogP contribution is -2.54. The molecule has 0 bridgehead atoms. The van der Waals surface area contributed by atoms with E-state index in [1.54, 1.807) is 6.07 Å². The number of nitrogens with one attached hydrogen (secondary N) is 2. The number of amides is 1. The Morgan fingerprint density at radius 1 is 1.53 bits per heavy atom. The van der Waals surface area contributed by atoms with E-state index in [9.17, 15) is 17.6 Å². The molecule has 0 radical (unpaired) electrons. The second-order valence-electron chi connectivity index (χ2n) is 4.26. The summed E-state index contributed by atoms with van der Waals surface area (Å²) in [4.78, 5) is 11.5. The molecule has 1 aromatic carbocycles. The molecule has 0 aromatic heterocycles. The Labute approximate surface area is 118 Å². The first-order valence-electron chi connectivity index (χ1n) is 5.59. The first-order chi connectivity index (χ1) is 8.87. The molecule has 1 aliphatic heterocycles. The summed E-state index contributed by atoms with van der Waals surface area (Å²) in [5, 5.41) is 2.79. The van der Waals surface area contributed by atoms with Crippen molar-refractivity contribution in [3.05, 3.63) is 34.1 Å². The molecule has 2 N–H and O–H groups in total. The van der Waals surface area contributed by atoms with E-state index in [4.69, 9.17) is 0 Å². The zero-order valence-electron chi connectivity index (χ0n) is 9.82. The number of carbonyl (C=O) groups is 1. The molecule has 0 aliphatic carbocycles. The monoisotopic (exact) mass is 350 g/mol. The van der Waals surface area contributed by atoms with Gasteiger partial charge >= 0.3 is 0 Å². The van der Waals surface area contributed by atoms with Crippen molar-refractivity contribution < 1.29 is 17.6 Å². The normalized spacial score (nSPS) is 18.7. The van der Waals surface area contributed by atoms with Crippen LogP contribution >= 0.6 is 15.9 Å². The van der Waals surface area contributed by atoms with E-state index in [2.05, 4.69) is 21.2 Å². The zero-order chi connectivity index (χ0) is 14.0. The van der Waals surface area contributed by atoms with Crippen LogP contribution in [0, 0.1) is 5.82 Å². The van der Waals surface area contributed by atoms with Crippen molar-refractivity contribution in [1.82, 2.24) is 10.0 Å². The van der Waals surface area contributed by atoms with E-state index in [1.165, 1.54) is 12.1 Å². The lowest BCUT2D eigenvalue weighted by molar-refractivity contribution is -0.122. The smallest absolute Gasteiger partial charge is 0.250 e. The number of benzene rings is 1. The van der Waals surface area contributed by atoms with Crippen LogP contribution in [0.3, 0.4) is 0 Å². The van der Waals surface area contributed by atoms with Crippen molar-refractivity contribution in [1.29, 1.82) is 0 Å². The highest BCUT2D eigenvalue weighted by Gasteiger charge is 2.28. The molecule has 1 aliphatic rings. The van der Waals surface area contributed by atoms with Crippen LogP contribution in [0.4, 0.5) is 4.39 Å². The molecule has 1 unspecified atom stereocenters. The maximum absolute atomic E-state index is 13.5. The average Bonchev–Trinajstić information content (AvgIpc) is 2.18. The van der Waals surface area contributed by atoms with Crippen LogP contribution in [0.1, 0.15) is 12.0 Å². The van der Waals surface area contributed by atoms with Gasteiger partial charge in [-0.25, -0.2) is 12.8 Å². The fraction of sp³-hybridized carbons (Fsp3) is 0.364. The number of rotatable bonds is 4. The molecule has 19 heavy (non-hydrogen) atoms. The van der Waals surface area contributed by atoms with Crippen LogP contribution in [0.2, 0.25) is 0 Å². The minimum absolute atomic E-state index is 0.0186. The molecule has 104 valence electrons. The van der Waals surface area contributed by atoms with Gasteiger partial charge in [-0.2, -0.15) is 0 Å². The van der Waals surface area contributed by atoms with Crippen LogP contribution in [-0.4, -0.2) is 26.9 Å². The lowest BCUT2D eigenvalue weighted by Gasteiger charge is -2.25. The number of sulfonamides is 1. The van der Waals surface area contributed by atoms with Crippen LogP contribution in [0.25, 0.3) is 0 Å². The van der Waals surface area contributed by atoms with Gasteiger partial charge in [0.15, 0.2) is 0 Å². The van der Waals surface area contributed by atoms with Gasteiger partial charge < -0.3 is 5.32 Å². The van der Waals surface area contributed by atoms with E-state index in [0.717, 1.165) is 0 Å². The predicted octanol–water partition coefficient (Wildman–Crippen LogP) is 0.896. The highest BCUT2D eigenvalue weighted by atomic mass is 79.9. The Hall–Kier alpha value is -0.990. The van der Waals surface area contributed by atoms with Gasteiger partial charge in [0.1, 0.15) is 5.82 Å². The van der Waals surface area contributed by atoms with Gasteiger partial charge in [0.05, 0.1) is 11.8 Å². The zero-order valence-corrected chi connectivity index (χ0v) is 12.2. The number of carbonyl (C=O) groups excluding carboxylic acids is 1. The summed E-state index contributed by atoms with van der Waals surface area (Å²) in [7, 11) is -3.89. The second-order valence-corrected chi connectivity index (χ2v) is 6.89. The van der Waals surface area contributed by atoms with Crippen molar-refractivity contribution in [2.75, 3.05) is 6.54 Å². The predicted molar refractivity (Wildman–Crippen MR) is 71.3 cm³/mol. The van der Waals surface area contributed by atoms with Crippen molar-refractivity contribution >= 4 is 31.9 Å². The summed E-state index contributed by atoms with van der Waals surface area (Å²) in [6.45, 7) is 0.694. The van der Waals surface area contributed by atoms with Crippen LogP contribution in [-0.2, 0) is 20.6 Å². The highest BCUT2D eigenvalue weighted by molar-refractivity contribution is 9.10. The van der Waals surface area contributed by atoms with Crippen LogP contribution in [0.5, 0.6) is 0 Å². The van der Waals surface area contributed by atoms with E-state index in [0.29, 0.717) is 17.4 Å². The van der Waals surface area contributed by atoms with Crippen molar-refractivity contribution in [2.45, 2.75) is 18.2 Å². The van der Waals surface area contributed by atoms with E-state index in [1.807, 2.05) is 4.72 Å². The van der Waals surface area contributed by atoms with Crippen LogP contribution < -0.4 is 10.0 Å². The third kappa shape index (κ3) is 3.74. The first kappa shape index (κ1) is 14.4. The molecule has 0 spiro atoms. The first-order valence-corrected chi connectivity index (χ1v) is 8.03. The van der Waals surface area contributed by atoms with Crippen molar-refractivity contribution in [2.24, 2.45) is 0 Å². The van der Waals surface area contributed by atoms with Gasteiger partial charge in [0.25, 0.3) is 5.91 Å². The minimum atomic E-state index is -3.89. The molecule has 1 fully saturated rings. The fourth-order valence-corrected chi connectivity index (χ4v) is 3.11. The molecule has 1 heterocycles. The van der Waals surface area contributed by atoms with Crippen LogP contribution in [0.15, 0.2) is 22.7 Å². The topological polar surface area (TPSA) is 75.3 Å². The summed E-state index contributed by atoms with van der Waals surface area (Å²) in [6.07, 6.45) is 0.605. The Morgan fingerprint density at radius 2 is 2.21 bits per heavy atom. The number of halogens is 2. The van der Waals surface area contributed by atoms with E-state index in [-0.39, 0.29) is 5.56 Å². The molecular formula is C11H12BrFN2O3S. The SMILES string of the molecule is O=C(NS(=O)(=O)Cc1ccc(Br)cc1F)C1CCN1. The van der Waals surface area contributed by atoms with Gasteiger partial charge in [0.2, 0.25) is 10.0 Å². The minimum Gasteiger partial charge on any atom is -0.306 e. The Bertz CT molecular complexity index is 602. The van der Waals surface area contributed by atoms with Crippen molar-refractivity contribution in [3.63, 3.8) is 0 Å². The summed E-state index contributed by atoms with van der Waals surface area (Å²) in [5.41, 5.74) is 0.0186. The van der Waals surface area contributed by atoms with Gasteiger partial charge in [-0.05, 0) is 25.1 Å². The quantitative estimate of drug-likeness (QED) is 0.845. The van der Waals surface area contributed by atoms with E-state index < -0.39 is 33.5 Å². The Morgan fingerprint density at radius 3 is 2.74 bits per heavy atom. The fourth-order valence-electron chi connectivity index (χ4n) is 1.62. The Balaban J connectivity index is 2.05. The number of hydrogen-bond donors (Lipinski definition) is 2. The molecule has 5 nitrogen and oxygen atoms in total. The van der Waals surface area contributed by atoms with E-state index >= 15 is 0 Å². The third-order valence-corrected chi connectivity index (χ3v) is 4.45. The Kier molecular flexibility index (Phi) is 4.22. The van der Waals surface area contributed by atoms with Crippen molar-refractivity contribution in [3.8, 4) is 0 Å². The second kappa shape index (κ2) is 5.56. The average molecular weight is 351 g/mol. The summed E-state index contributed by atoms with van der Waals surface area (Å²) >= 11 is 3.08. The van der Waals surface area contributed by atoms with Gasteiger partial charge in [-0.3, -0.25) is 9.52 Å². The molecule has 0 saturated carbocycles. The summed E-state index contributed by atoms with van der Waals surface area (Å²) < 4.78 is 39.5. The lowest BCUT2D eigenvalue weighted by atomic mass is 10.1. The summed E-state index contributed by atoms with van der Waals surface area (Å²) in [5.74, 6) is -1.79. The third-order valence-electron chi connectivity index (χ3n) is 2.76. The molecule has 1 atom stereocenters. The number of hydrogen-bond acceptors (Lipinski definition) is 4. The van der Waals surface area contributed by atoms with Gasteiger partial charge in [-0.1, -0.05) is 22.0 Å². The molecule has 1 amide bonds. The van der Waals surface area contributed by atoms with Gasteiger partial charge in [-0.15, -0.1) is 0 Å². The largest absolute Gasteiger partial charge is 0.306 e. The molecule has 2 rings (SSSR count). The standard InChI is InChI=1S/C11H12BrFN2O3S/c12-8-2-1-7(9(13)5-8)6-19(17,18)15-11(16)10-3-4-14-10/h1-2,5,10,14H,3-4,6H2,(H,15,16). The van der Waals surface area contributed by atoms with Gasteiger partial charge in [0, 0.05) is 10.0 Å². The maximum Gasteiger partial charge on any atom is 0.250 e. The molecular weight excluding hydrogens is 339 g/mol. The molecule has 1 aromatic rings. The highest BCUT2D eigenvalue weighted by Crippen LogP contribution is 2.17. The molecule has 8 heteroatoms. The molecule has 1 saturated heterocycles. The maximum atomic E-state index is 13.5. The summed E-state index contributed by atoms with van der Waals surface area (Å²) in [6, 6.07) is 3.62.